The van der Waals surface area contributed by atoms with E-state index >= 15 is 0 Å². The lowest BCUT2D eigenvalue weighted by atomic mass is 10.2. The van der Waals surface area contributed by atoms with E-state index in [1.807, 2.05) is 0 Å². The normalized spacial score (nSPS) is 28.4. The number of nitrogen functional groups attached to an aromatic ring is 1. The van der Waals surface area contributed by atoms with E-state index in [-0.39, 0.29) is 41.9 Å². The van der Waals surface area contributed by atoms with Crippen LogP contribution >= 0.6 is 0 Å². The fraction of sp³-hybridized carbons (Fsp3) is 0.524. The molecular weight excluding hydrogens is 472 g/mol. The molecule has 2 aliphatic rings. The molecule has 2 fully saturated rings. The quantitative estimate of drug-likeness (QED) is 0.273. The molecule has 15 heteroatoms. The first kappa shape index (κ1) is 22.8. The van der Waals surface area contributed by atoms with Gasteiger partial charge in [-0.25, -0.2) is 19.9 Å². The number of fused-ring (bicyclic) bond motifs is 2. The van der Waals surface area contributed by atoms with E-state index in [1.54, 1.807) is 29.4 Å². The topological polar surface area (TPSA) is 193 Å². The van der Waals surface area contributed by atoms with Gasteiger partial charge in [-0.2, -0.15) is 4.98 Å². The Labute approximate surface area is 203 Å². The van der Waals surface area contributed by atoms with E-state index in [0.717, 1.165) is 0 Å². The number of aliphatic hydroxyl groups excluding tert-OH is 2. The Morgan fingerprint density at radius 3 is 2.44 bits per heavy atom. The zero-order chi connectivity index (χ0) is 25.1. The molecule has 0 bridgehead atoms. The molecule has 5 N–H and O–H groups in total. The lowest BCUT2D eigenvalue weighted by molar-refractivity contribution is -0.0253. The predicted molar refractivity (Wildman–Crippen MR) is 126 cm³/mol. The third-order valence-electron chi connectivity index (χ3n) is 6.84. The van der Waals surface area contributed by atoms with Crippen molar-refractivity contribution in [1.82, 2.24) is 38.6 Å². The highest BCUT2D eigenvalue weighted by Gasteiger charge is 2.37. The number of anilines is 2. The maximum Gasteiger partial charge on any atom is 0.283 e. The van der Waals surface area contributed by atoms with Crippen LogP contribution in [0.5, 0.6) is 0 Å². The molecule has 6 atom stereocenters. The number of aliphatic hydroxyl groups is 2. The average Bonchev–Trinajstić information content (AvgIpc) is 3.62. The van der Waals surface area contributed by atoms with Gasteiger partial charge in [-0.15, -0.1) is 0 Å². The Morgan fingerprint density at radius 2 is 1.72 bits per heavy atom. The van der Waals surface area contributed by atoms with E-state index in [0.29, 0.717) is 23.2 Å². The minimum Gasteiger partial charge on any atom is -0.390 e. The van der Waals surface area contributed by atoms with Gasteiger partial charge in [0.15, 0.2) is 22.6 Å². The number of imidazole rings is 2. The summed E-state index contributed by atoms with van der Waals surface area (Å²) in [5, 5.41) is 23.8. The summed E-state index contributed by atoms with van der Waals surface area (Å²) in [5.41, 5.74) is 6.94. The van der Waals surface area contributed by atoms with Gasteiger partial charge in [-0.1, -0.05) is 0 Å². The molecule has 0 aromatic carbocycles. The number of aromatic nitrogens is 8. The van der Waals surface area contributed by atoms with Crippen molar-refractivity contribution in [2.24, 2.45) is 0 Å². The zero-order valence-corrected chi connectivity index (χ0v) is 19.6. The molecule has 6 rings (SSSR count). The fourth-order valence-electron chi connectivity index (χ4n) is 4.85. The smallest absolute Gasteiger partial charge is 0.283 e. The molecule has 190 valence electrons. The van der Waals surface area contributed by atoms with Crippen LogP contribution in [0.3, 0.4) is 0 Å². The monoisotopic (exact) mass is 498 g/mol. The van der Waals surface area contributed by atoms with Gasteiger partial charge in [-0.3, -0.25) is 18.5 Å². The van der Waals surface area contributed by atoms with Crippen LogP contribution in [0, 0.1) is 0 Å². The van der Waals surface area contributed by atoms with Crippen LogP contribution in [0.25, 0.3) is 22.3 Å². The van der Waals surface area contributed by atoms with E-state index in [2.05, 4.69) is 30.2 Å². The maximum atomic E-state index is 13.4. The highest BCUT2D eigenvalue weighted by molar-refractivity contribution is 5.81. The van der Waals surface area contributed by atoms with Crippen molar-refractivity contribution >= 4 is 34.1 Å². The first-order chi connectivity index (χ1) is 17.4. The Morgan fingerprint density at radius 1 is 1.03 bits per heavy atom. The van der Waals surface area contributed by atoms with E-state index in [9.17, 15) is 15.0 Å². The molecule has 0 aliphatic carbocycles. The van der Waals surface area contributed by atoms with Crippen molar-refractivity contribution in [2.45, 2.75) is 63.2 Å². The van der Waals surface area contributed by atoms with Crippen LogP contribution in [0.2, 0.25) is 0 Å². The molecule has 4 aromatic rings. The molecule has 2 aliphatic heterocycles. The number of ether oxygens (including phenoxy) is 2. The molecule has 4 aromatic heterocycles. The molecule has 6 heterocycles. The van der Waals surface area contributed by atoms with E-state index < -0.39 is 30.8 Å². The van der Waals surface area contributed by atoms with Gasteiger partial charge in [0.25, 0.3) is 5.56 Å². The molecule has 36 heavy (non-hydrogen) atoms. The van der Waals surface area contributed by atoms with Crippen LogP contribution in [0.15, 0.2) is 23.8 Å². The minimum absolute atomic E-state index is 0.0436. The van der Waals surface area contributed by atoms with Crippen LogP contribution in [-0.4, -0.2) is 80.3 Å². The van der Waals surface area contributed by atoms with Crippen LogP contribution in [-0.2, 0) is 16.0 Å². The number of nitrogens with zero attached hydrogens (tertiary/aromatic N) is 8. The summed E-state index contributed by atoms with van der Waals surface area (Å²) in [4.78, 5) is 34.7. The summed E-state index contributed by atoms with van der Waals surface area (Å²) in [5.74, 6) is 0.540. The van der Waals surface area contributed by atoms with Gasteiger partial charge in [0.1, 0.15) is 30.4 Å². The third kappa shape index (κ3) is 3.50. The highest BCUT2D eigenvalue weighted by Crippen LogP contribution is 2.33. The van der Waals surface area contributed by atoms with Gasteiger partial charge in [0, 0.05) is 19.9 Å². The Balaban J connectivity index is 1.30. The van der Waals surface area contributed by atoms with E-state index in [4.69, 9.17) is 15.2 Å². The molecule has 2 saturated heterocycles. The second-order valence-corrected chi connectivity index (χ2v) is 9.04. The largest absolute Gasteiger partial charge is 0.390 e. The first-order valence-electron chi connectivity index (χ1n) is 11.6. The second kappa shape index (κ2) is 8.48. The fourth-order valence-corrected chi connectivity index (χ4v) is 4.85. The van der Waals surface area contributed by atoms with Gasteiger partial charge >= 0.3 is 0 Å². The van der Waals surface area contributed by atoms with Gasteiger partial charge in [0.05, 0.1) is 37.5 Å². The Hall–Kier alpha value is -3.66. The third-order valence-corrected chi connectivity index (χ3v) is 6.84. The average molecular weight is 499 g/mol. The molecule has 15 nitrogen and oxygen atoms in total. The van der Waals surface area contributed by atoms with Crippen molar-refractivity contribution in [2.75, 3.05) is 18.1 Å². The summed E-state index contributed by atoms with van der Waals surface area (Å²) in [6.45, 7) is 1.83. The summed E-state index contributed by atoms with van der Waals surface area (Å²) < 4.78 is 16.7. The van der Waals surface area contributed by atoms with Crippen LogP contribution < -0.4 is 16.6 Å². The number of nitrogens with two attached hydrogens (primary N) is 1. The van der Waals surface area contributed by atoms with Crippen molar-refractivity contribution in [3.05, 3.63) is 29.3 Å². The number of nitrogens with one attached hydrogen (secondary N) is 1. The second-order valence-electron chi connectivity index (χ2n) is 9.04. The SMILES string of the molecule is CNc1nc2c(ncn2[C@H]2C[C@H](O)[C@@H](C)O2)c(=O)n1C[C@H]1O[C@@H](n2cnc3c(N)ncnc32)C[C@@H]1O. The molecule has 0 saturated carbocycles. The molecule has 0 unspecified atom stereocenters. The number of rotatable bonds is 5. The molecule has 0 radical (unpaired) electrons. The van der Waals surface area contributed by atoms with E-state index in [1.165, 1.54) is 17.2 Å². The maximum absolute atomic E-state index is 13.4. The van der Waals surface area contributed by atoms with Crippen LogP contribution in [0.1, 0.15) is 32.2 Å². The number of hydrogen-bond donors (Lipinski definition) is 4. The first-order valence-corrected chi connectivity index (χ1v) is 11.6. The van der Waals surface area contributed by atoms with Gasteiger partial charge in [-0.05, 0) is 6.92 Å². The van der Waals surface area contributed by atoms with Crippen LogP contribution in [0.4, 0.5) is 11.8 Å². The highest BCUT2D eigenvalue weighted by atomic mass is 16.5. The lowest BCUT2D eigenvalue weighted by Crippen LogP contribution is -2.34. The van der Waals surface area contributed by atoms with Crippen molar-refractivity contribution in [3.63, 3.8) is 0 Å². The molecular formula is C21H26N10O5. The van der Waals surface area contributed by atoms with Gasteiger partial charge in [0.2, 0.25) is 5.95 Å². The Bertz CT molecular complexity index is 1490. The summed E-state index contributed by atoms with van der Waals surface area (Å²) in [6, 6.07) is 0. The lowest BCUT2D eigenvalue weighted by Gasteiger charge is -2.19. The van der Waals surface area contributed by atoms with Gasteiger partial charge < -0.3 is 30.7 Å². The minimum atomic E-state index is -0.855. The summed E-state index contributed by atoms with van der Waals surface area (Å²) in [6.07, 6.45) is 1.49. The summed E-state index contributed by atoms with van der Waals surface area (Å²) in [7, 11) is 1.65. The molecule has 0 amide bonds. The predicted octanol–water partition coefficient (Wildman–Crippen LogP) is -0.626. The zero-order valence-electron chi connectivity index (χ0n) is 19.6. The van der Waals surface area contributed by atoms with Crippen molar-refractivity contribution in [1.29, 1.82) is 0 Å². The summed E-state index contributed by atoms with van der Waals surface area (Å²) >= 11 is 0. The van der Waals surface area contributed by atoms with Crippen molar-refractivity contribution in [3.8, 4) is 0 Å². The standard InChI is InChI=1S/C21H26N10O5/c1-9-10(32)3-13(35-9)31-8-27-16-19(31)28-21(23-2)29(20(16)34)5-12-11(33)4-14(36-12)30-7-26-15-17(22)24-6-25-18(15)30/h6-14,32-33H,3-5H2,1-2H3,(H,23,28)(H2,22,24,25)/t9-,10+,11+,12-,13-,14-/m1/s1. The Kier molecular flexibility index (Phi) is 5.36. The number of hydrogen-bond acceptors (Lipinski definition) is 12. The molecule has 0 spiro atoms. The van der Waals surface area contributed by atoms with Crippen molar-refractivity contribution < 1.29 is 19.7 Å².